The Morgan fingerprint density at radius 3 is 3.06 bits per heavy atom. The van der Waals surface area contributed by atoms with Crippen LogP contribution in [0.2, 0.25) is 0 Å². The summed E-state index contributed by atoms with van der Waals surface area (Å²) in [5.74, 6) is -0.525. The number of carbonyl (C=O) groups is 1. The van der Waals surface area contributed by atoms with Crippen molar-refractivity contribution in [3.63, 3.8) is 0 Å². The first-order chi connectivity index (χ1) is 8.70. The van der Waals surface area contributed by atoms with Crippen molar-refractivity contribution in [2.75, 3.05) is 11.9 Å². The van der Waals surface area contributed by atoms with Gasteiger partial charge >= 0.3 is 0 Å². The van der Waals surface area contributed by atoms with Crippen LogP contribution >= 0.6 is 0 Å². The van der Waals surface area contributed by atoms with Gasteiger partial charge in [-0.1, -0.05) is 0 Å². The van der Waals surface area contributed by atoms with Crippen LogP contribution in [0.3, 0.4) is 0 Å². The minimum atomic E-state index is -0.456. The molecular formula is C13H14FN3O. The van der Waals surface area contributed by atoms with E-state index in [2.05, 4.69) is 10.6 Å². The third kappa shape index (κ3) is 2.77. The summed E-state index contributed by atoms with van der Waals surface area (Å²) in [6, 6.07) is 5.50. The second-order valence-electron chi connectivity index (χ2n) is 4.29. The van der Waals surface area contributed by atoms with Crippen LogP contribution in [0.4, 0.5) is 10.1 Å². The molecule has 1 aromatic rings. The third-order valence-corrected chi connectivity index (χ3v) is 2.97. The average Bonchev–Trinajstić information content (AvgIpc) is 2.57. The zero-order chi connectivity index (χ0) is 13.0. The third-order valence-electron chi connectivity index (χ3n) is 2.97. The highest BCUT2D eigenvalue weighted by Crippen LogP contribution is 2.19. The Hall–Kier alpha value is -2.09. The van der Waals surface area contributed by atoms with E-state index in [9.17, 15) is 9.18 Å². The first-order valence-electron chi connectivity index (χ1n) is 5.94. The van der Waals surface area contributed by atoms with Gasteiger partial charge in [-0.15, -0.1) is 0 Å². The maximum atomic E-state index is 13.0. The van der Waals surface area contributed by atoms with Crippen molar-refractivity contribution in [1.82, 2.24) is 5.32 Å². The topological polar surface area (TPSA) is 64.9 Å². The van der Waals surface area contributed by atoms with Crippen LogP contribution < -0.4 is 10.6 Å². The minimum absolute atomic E-state index is 0.0688. The number of hydrogen-bond acceptors (Lipinski definition) is 3. The molecule has 1 saturated heterocycles. The number of nitrogens with zero attached hydrogens (tertiary/aromatic N) is 1. The molecule has 18 heavy (non-hydrogen) atoms. The Labute approximate surface area is 105 Å². The van der Waals surface area contributed by atoms with E-state index in [1.54, 1.807) is 0 Å². The second kappa shape index (κ2) is 5.50. The molecule has 0 aromatic heterocycles. The largest absolute Gasteiger partial charge is 0.373 e. The molecular weight excluding hydrogens is 233 g/mol. The molecule has 5 heteroatoms. The molecule has 0 bridgehead atoms. The van der Waals surface area contributed by atoms with E-state index in [0.29, 0.717) is 18.7 Å². The van der Waals surface area contributed by atoms with E-state index in [4.69, 9.17) is 5.26 Å². The molecule has 1 amide bonds. The van der Waals surface area contributed by atoms with E-state index in [1.165, 1.54) is 12.1 Å². The van der Waals surface area contributed by atoms with Crippen LogP contribution in [0.25, 0.3) is 0 Å². The van der Waals surface area contributed by atoms with Crippen LogP contribution in [-0.2, 0) is 4.79 Å². The first-order valence-corrected chi connectivity index (χ1v) is 5.94. The highest BCUT2D eigenvalue weighted by atomic mass is 19.1. The summed E-state index contributed by atoms with van der Waals surface area (Å²) in [4.78, 5) is 11.8. The zero-order valence-corrected chi connectivity index (χ0v) is 9.87. The van der Waals surface area contributed by atoms with E-state index in [-0.39, 0.29) is 17.5 Å². The van der Waals surface area contributed by atoms with Gasteiger partial charge < -0.3 is 10.6 Å². The lowest BCUT2D eigenvalue weighted by Gasteiger charge is -2.17. The van der Waals surface area contributed by atoms with Gasteiger partial charge in [-0.25, -0.2) is 4.39 Å². The summed E-state index contributed by atoms with van der Waals surface area (Å²) in [7, 11) is 0. The van der Waals surface area contributed by atoms with Gasteiger partial charge in [-0.05, 0) is 37.5 Å². The van der Waals surface area contributed by atoms with Crippen LogP contribution in [0, 0.1) is 17.1 Å². The number of nitrogens with one attached hydrogen (secondary N) is 2. The predicted octanol–water partition coefficient (Wildman–Crippen LogP) is 1.78. The highest BCUT2D eigenvalue weighted by molar-refractivity contribution is 5.85. The fraction of sp³-hybridized carbons (Fsp3) is 0.385. The lowest BCUT2D eigenvalue weighted by Crippen LogP contribution is -2.38. The van der Waals surface area contributed by atoms with Crippen molar-refractivity contribution in [2.45, 2.75) is 25.3 Å². The number of hydrogen-bond donors (Lipinski definition) is 2. The molecule has 1 aliphatic heterocycles. The predicted molar refractivity (Wildman–Crippen MR) is 65.4 cm³/mol. The molecule has 4 nitrogen and oxygen atoms in total. The fourth-order valence-electron chi connectivity index (χ4n) is 2.00. The van der Waals surface area contributed by atoms with Gasteiger partial charge in [-0.3, -0.25) is 4.79 Å². The van der Waals surface area contributed by atoms with Crippen molar-refractivity contribution >= 4 is 11.6 Å². The van der Waals surface area contributed by atoms with Crippen molar-refractivity contribution in [2.24, 2.45) is 0 Å². The normalized spacial score (nSPS) is 19.6. The lowest BCUT2D eigenvalue weighted by atomic mass is 10.1. The maximum absolute atomic E-state index is 13.0. The maximum Gasteiger partial charge on any atom is 0.242 e. The molecule has 1 unspecified atom stereocenters. The molecule has 1 aromatic carbocycles. The fourth-order valence-corrected chi connectivity index (χ4v) is 2.00. The molecule has 0 spiro atoms. The van der Waals surface area contributed by atoms with Gasteiger partial charge in [0, 0.05) is 6.54 Å². The van der Waals surface area contributed by atoms with Crippen LogP contribution in [0.1, 0.15) is 24.8 Å². The SMILES string of the molecule is N#Cc1cc(F)ccc1NC1CCCCNC1=O. The van der Waals surface area contributed by atoms with E-state index in [1.807, 2.05) is 6.07 Å². The number of rotatable bonds is 2. The quantitative estimate of drug-likeness (QED) is 0.837. The number of halogens is 1. The van der Waals surface area contributed by atoms with Gasteiger partial charge in [0.25, 0.3) is 0 Å². The van der Waals surface area contributed by atoms with E-state index >= 15 is 0 Å². The van der Waals surface area contributed by atoms with Crippen molar-refractivity contribution in [1.29, 1.82) is 5.26 Å². The summed E-state index contributed by atoms with van der Waals surface area (Å²) in [5.41, 5.74) is 0.716. The molecule has 1 fully saturated rings. The minimum Gasteiger partial charge on any atom is -0.373 e. The summed E-state index contributed by atoms with van der Waals surface area (Å²) in [6.45, 7) is 0.686. The highest BCUT2D eigenvalue weighted by Gasteiger charge is 2.21. The second-order valence-corrected chi connectivity index (χ2v) is 4.29. The lowest BCUT2D eigenvalue weighted by molar-refractivity contribution is -0.121. The van der Waals surface area contributed by atoms with Crippen LogP contribution in [0.15, 0.2) is 18.2 Å². The van der Waals surface area contributed by atoms with E-state index in [0.717, 1.165) is 18.9 Å². The van der Waals surface area contributed by atoms with Crippen molar-refractivity contribution < 1.29 is 9.18 Å². The zero-order valence-electron chi connectivity index (χ0n) is 9.87. The molecule has 1 aliphatic rings. The number of carbonyl (C=O) groups excluding carboxylic acids is 1. The summed E-state index contributed by atoms with van der Waals surface area (Å²) < 4.78 is 13.0. The molecule has 2 rings (SSSR count). The Morgan fingerprint density at radius 1 is 1.44 bits per heavy atom. The standard InChI is InChI=1S/C13H14FN3O/c14-10-4-5-11(9(7-10)8-15)17-12-3-1-2-6-16-13(12)18/h4-5,7,12,17H,1-3,6H2,(H,16,18). The first kappa shape index (κ1) is 12.4. The Balaban J connectivity index is 2.17. The molecule has 2 N–H and O–H groups in total. The van der Waals surface area contributed by atoms with Gasteiger partial charge in [0.15, 0.2) is 0 Å². The molecule has 0 aliphatic carbocycles. The summed E-state index contributed by atoms with van der Waals surface area (Å²) >= 11 is 0. The summed E-state index contributed by atoms with van der Waals surface area (Å²) in [6.07, 6.45) is 2.62. The monoisotopic (exact) mass is 247 g/mol. The molecule has 0 radical (unpaired) electrons. The number of nitriles is 1. The van der Waals surface area contributed by atoms with Crippen molar-refractivity contribution in [3.8, 4) is 6.07 Å². The van der Waals surface area contributed by atoms with Crippen LogP contribution in [0.5, 0.6) is 0 Å². The number of benzene rings is 1. The van der Waals surface area contributed by atoms with Gasteiger partial charge in [0.1, 0.15) is 17.9 Å². The molecule has 94 valence electrons. The van der Waals surface area contributed by atoms with Gasteiger partial charge in [-0.2, -0.15) is 5.26 Å². The smallest absolute Gasteiger partial charge is 0.242 e. The number of amides is 1. The molecule has 1 heterocycles. The Kier molecular flexibility index (Phi) is 3.78. The average molecular weight is 247 g/mol. The van der Waals surface area contributed by atoms with Gasteiger partial charge in [0.2, 0.25) is 5.91 Å². The van der Waals surface area contributed by atoms with E-state index < -0.39 is 5.82 Å². The van der Waals surface area contributed by atoms with Crippen LogP contribution in [-0.4, -0.2) is 18.5 Å². The Bertz CT molecular complexity index is 495. The summed E-state index contributed by atoms with van der Waals surface area (Å²) in [5, 5.41) is 14.8. The molecule has 0 saturated carbocycles. The van der Waals surface area contributed by atoms with Gasteiger partial charge in [0.05, 0.1) is 11.3 Å². The Morgan fingerprint density at radius 2 is 2.28 bits per heavy atom. The molecule has 1 atom stereocenters. The van der Waals surface area contributed by atoms with Crippen molar-refractivity contribution in [3.05, 3.63) is 29.6 Å². The number of anilines is 1.